The Bertz CT molecular complexity index is 1240. The van der Waals surface area contributed by atoms with Crippen molar-refractivity contribution >= 4 is 32.8 Å². The van der Waals surface area contributed by atoms with E-state index >= 15 is 0 Å². The molecule has 0 bridgehead atoms. The molecule has 0 aliphatic heterocycles. The summed E-state index contributed by atoms with van der Waals surface area (Å²) < 4.78 is 3.43. The Labute approximate surface area is 156 Å². The number of aliphatic hydroxyl groups is 1. The lowest BCUT2D eigenvalue weighted by Crippen LogP contribution is -2.04. The fraction of sp³-hybridized carbons (Fsp3) is 0.176. The lowest BCUT2D eigenvalue weighted by Gasteiger charge is -2.03. The van der Waals surface area contributed by atoms with Gasteiger partial charge in [-0.05, 0) is 24.3 Å². The van der Waals surface area contributed by atoms with Gasteiger partial charge in [-0.1, -0.05) is 5.21 Å². The molecule has 27 heavy (non-hydrogen) atoms. The summed E-state index contributed by atoms with van der Waals surface area (Å²) in [5.74, 6) is 0. The van der Waals surface area contributed by atoms with Crippen molar-refractivity contribution in [2.75, 3.05) is 6.61 Å². The van der Waals surface area contributed by atoms with Gasteiger partial charge in [-0.25, -0.2) is 19.6 Å². The maximum atomic E-state index is 9.04. The van der Waals surface area contributed by atoms with Gasteiger partial charge in [0.05, 0.1) is 48.3 Å². The molecule has 0 atom stereocenters. The Morgan fingerprint density at radius 3 is 2.93 bits per heavy atom. The SMILES string of the molecule is OCCn1cc(-c2ccc3nnn(Cc4ccc5ncsc5n4)c3n2)cn1. The summed E-state index contributed by atoms with van der Waals surface area (Å²) in [5.41, 5.74) is 6.63. The largest absolute Gasteiger partial charge is 0.394 e. The average molecular weight is 378 g/mol. The first-order chi connectivity index (χ1) is 13.3. The van der Waals surface area contributed by atoms with Crippen LogP contribution < -0.4 is 0 Å². The molecule has 0 aliphatic carbocycles. The summed E-state index contributed by atoms with van der Waals surface area (Å²) in [7, 11) is 0. The third kappa shape index (κ3) is 2.94. The number of pyridine rings is 2. The highest BCUT2D eigenvalue weighted by atomic mass is 32.1. The molecule has 0 aliphatic rings. The van der Waals surface area contributed by atoms with Crippen LogP contribution in [0.1, 0.15) is 5.69 Å². The van der Waals surface area contributed by atoms with E-state index in [1.807, 2.05) is 30.5 Å². The van der Waals surface area contributed by atoms with Crippen molar-refractivity contribution in [3.8, 4) is 11.3 Å². The molecule has 1 N–H and O–H groups in total. The Hall–Kier alpha value is -3.24. The van der Waals surface area contributed by atoms with Crippen molar-refractivity contribution in [1.82, 2.24) is 39.7 Å². The molecule has 0 radical (unpaired) electrons. The third-order valence-corrected chi connectivity index (χ3v) is 4.92. The van der Waals surface area contributed by atoms with Gasteiger partial charge in [-0.15, -0.1) is 16.4 Å². The molecule has 5 aromatic heterocycles. The van der Waals surface area contributed by atoms with Gasteiger partial charge in [0.25, 0.3) is 0 Å². The van der Waals surface area contributed by atoms with Gasteiger partial charge < -0.3 is 5.11 Å². The minimum absolute atomic E-state index is 0.0430. The highest BCUT2D eigenvalue weighted by Crippen LogP contribution is 2.20. The van der Waals surface area contributed by atoms with Crippen molar-refractivity contribution < 1.29 is 5.11 Å². The van der Waals surface area contributed by atoms with Gasteiger partial charge in [0.2, 0.25) is 0 Å². The second-order valence-electron chi connectivity index (χ2n) is 5.98. The first kappa shape index (κ1) is 16.0. The maximum Gasteiger partial charge on any atom is 0.179 e. The Balaban J connectivity index is 1.50. The number of fused-ring (bicyclic) bond motifs is 2. The minimum atomic E-state index is 0.0430. The molecule has 0 spiro atoms. The zero-order chi connectivity index (χ0) is 18.2. The number of rotatable bonds is 5. The van der Waals surface area contributed by atoms with E-state index in [-0.39, 0.29) is 6.61 Å². The monoisotopic (exact) mass is 378 g/mol. The molecule has 10 heteroatoms. The summed E-state index contributed by atoms with van der Waals surface area (Å²) in [4.78, 5) is 14.5. The van der Waals surface area contributed by atoms with Crippen LogP contribution in [-0.4, -0.2) is 51.4 Å². The van der Waals surface area contributed by atoms with E-state index in [2.05, 4.69) is 25.4 Å². The predicted octanol–water partition coefficient (Wildman–Crippen LogP) is 1.74. The summed E-state index contributed by atoms with van der Waals surface area (Å²) >= 11 is 1.51. The van der Waals surface area contributed by atoms with E-state index < -0.39 is 0 Å². The first-order valence-electron chi connectivity index (χ1n) is 8.33. The number of aliphatic hydroxyl groups excluding tert-OH is 1. The van der Waals surface area contributed by atoms with Gasteiger partial charge in [-0.3, -0.25) is 4.68 Å². The van der Waals surface area contributed by atoms with Crippen molar-refractivity contribution in [3.05, 3.63) is 47.9 Å². The number of hydrogen-bond acceptors (Lipinski definition) is 8. The van der Waals surface area contributed by atoms with Crippen molar-refractivity contribution in [3.63, 3.8) is 0 Å². The van der Waals surface area contributed by atoms with Gasteiger partial charge in [0.15, 0.2) is 5.65 Å². The fourth-order valence-electron chi connectivity index (χ4n) is 2.87. The van der Waals surface area contributed by atoms with Crippen LogP contribution in [0.4, 0.5) is 0 Å². The van der Waals surface area contributed by atoms with Gasteiger partial charge in [0.1, 0.15) is 10.3 Å². The zero-order valence-electron chi connectivity index (χ0n) is 14.1. The number of aromatic nitrogens is 8. The van der Waals surface area contributed by atoms with E-state index in [1.165, 1.54) is 11.3 Å². The van der Waals surface area contributed by atoms with Crippen LogP contribution in [0, 0.1) is 0 Å². The smallest absolute Gasteiger partial charge is 0.179 e. The van der Waals surface area contributed by atoms with Crippen LogP contribution in [0.5, 0.6) is 0 Å². The average Bonchev–Trinajstić information content (AvgIpc) is 3.41. The Morgan fingerprint density at radius 2 is 2.00 bits per heavy atom. The quantitative estimate of drug-likeness (QED) is 0.496. The number of thiazole rings is 1. The molecule has 0 saturated heterocycles. The lowest BCUT2D eigenvalue weighted by atomic mass is 10.2. The highest BCUT2D eigenvalue weighted by Gasteiger charge is 2.11. The summed E-state index contributed by atoms with van der Waals surface area (Å²) in [5, 5.41) is 21.7. The van der Waals surface area contributed by atoms with E-state index in [0.717, 1.165) is 32.8 Å². The molecule has 5 heterocycles. The Kier molecular flexibility index (Phi) is 3.84. The summed E-state index contributed by atoms with van der Waals surface area (Å²) in [6, 6.07) is 7.69. The summed E-state index contributed by atoms with van der Waals surface area (Å²) in [6.45, 7) is 0.972. The standard InChI is InChI=1S/C17H14N8OS/c26-6-5-24-8-11(7-19-24)13-3-4-14-16(21-13)25(23-22-14)9-12-1-2-15-17(20-12)27-10-18-15/h1-4,7-8,10,26H,5-6,9H2. The van der Waals surface area contributed by atoms with Crippen LogP contribution in [-0.2, 0) is 13.1 Å². The molecule has 134 valence electrons. The van der Waals surface area contributed by atoms with Gasteiger partial charge in [-0.2, -0.15) is 5.10 Å². The molecule has 0 fully saturated rings. The summed E-state index contributed by atoms with van der Waals surface area (Å²) in [6.07, 6.45) is 3.59. The molecule has 0 saturated carbocycles. The maximum absolute atomic E-state index is 9.04. The predicted molar refractivity (Wildman–Crippen MR) is 100 cm³/mol. The Morgan fingerprint density at radius 1 is 1.07 bits per heavy atom. The van der Waals surface area contributed by atoms with E-state index in [1.54, 1.807) is 21.1 Å². The van der Waals surface area contributed by atoms with E-state index in [0.29, 0.717) is 18.7 Å². The van der Waals surface area contributed by atoms with E-state index in [9.17, 15) is 0 Å². The second-order valence-corrected chi connectivity index (χ2v) is 6.81. The molecule has 5 aromatic rings. The van der Waals surface area contributed by atoms with Gasteiger partial charge >= 0.3 is 0 Å². The van der Waals surface area contributed by atoms with Crippen LogP contribution >= 0.6 is 11.3 Å². The topological polar surface area (TPSA) is 107 Å². The third-order valence-electron chi connectivity index (χ3n) is 4.18. The van der Waals surface area contributed by atoms with Crippen LogP contribution in [0.25, 0.3) is 32.8 Å². The molecule has 0 amide bonds. The van der Waals surface area contributed by atoms with Crippen LogP contribution in [0.15, 0.2) is 42.2 Å². The van der Waals surface area contributed by atoms with Crippen molar-refractivity contribution in [2.24, 2.45) is 0 Å². The molecule has 9 nitrogen and oxygen atoms in total. The second kappa shape index (κ2) is 6.49. The molecule has 0 unspecified atom stereocenters. The molecular weight excluding hydrogens is 364 g/mol. The van der Waals surface area contributed by atoms with Crippen molar-refractivity contribution in [2.45, 2.75) is 13.1 Å². The normalized spacial score (nSPS) is 11.6. The van der Waals surface area contributed by atoms with Crippen LogP contribution in [0.3, 0.4) is 0 Å². The number of nitrogens with zero attached hydrogens (tertiary/aromatic N) is 8. The van der Waals surface area contributed by atoms with Gasteiger partial charge in [0, 0.05) is 11.8 Å². The van der Waals surface area contributed by atoms with E-state index in [4.69, 9.17) is 10.1 Å². The number of hydrogen-bond donors (Lipinski definition) is 1. The fourth-order valence-corrected chi connectivity index (χ4v) is 3.55. The first-order valence-corrected chi connectivity index (χ1v) is 9.21. The molecule has 0 aromatic carbocycles. The highest BCUT2D eigenvalue weighted by molar-refractivity contribution is 7.16. The molecular formula is C17H14N8OS. The minimum Gasteiger partial charge on any atom is -0.394 e. The van der Waals surface area contributed by atoms with Crippen LogP contribution in [0.2, 0.25) is 0 Å². The van der Waals surface area contributed by atoms with Crippen molar-refractivity contribution in [1.29, 1.82) is 0 Å². The zero-order valence-corrected chi connectivity index (χ0v) is 14.9. The lowest BCUT2D eigenvalue weighted by molar-refractivity contribution is 0.269. The molecule has 5 rings (SSSR count).